The van der Waals surface area contributed by atoms with Crippen LogP contribution < -0.4 is 0 Å². The molecule has 3 rings (SSSR count). The first-order valence-electron chi connectivity index (χ1n) is 6.20. The van der Waals surface area contributed by atoms with Gasteiger partial charge in [0, 0.05) is 29.4 Å². The van der Waals surface area contributed by atoms with Crippen molar-refractivity contribution >= 4 is 11.3 Å². The molecule has 0 N–H and O–H groups in total. The van der Waals surface area contributed by atoms with Gasteiger partial charge in [-0.1, -0.05) is 0 Å². The van der Waals surface area contributed by atoms with E-state index in [1.54, 1.807) is 18.5 Å². The van der Waals surface area contributed by atoms with Crippen molar-refractivity contribution < 1.29 is 18.3 Å². The highest BCUT2D eigenvalue weighted by atomic mass is 32.1. The van der Waals surface area contributed by atoms with Crippen LogP contribution in [0.3, 0.4) is 0 Å². The first-order valence-corrected chi connectivity index (χ1v) is 7.08. The van der Waals surface area contributed by atoms with Crippen molar-refractivity contribution in [2.75, 3.05) is 0 Å². The zero-order valence-corrected chi connectivity index (χ0v) is 12.0. The van der Waals surface area contributed by atoms with Crippen LogP contribution in [0.4, 0.5) is 13.2 Å². The van der Waals surface area contributed by atoms with Crippen molar-refractivity contribution in [3.05, 3.63) is 52.9 Å². The molecule has 0 unspecified atom stereocenters. The Labute approximate surface area is 127 Å². The maximum Gasteiger partial charge on any atom is 0.220 e. The van der Waals surface area contributed by atoms with E-state index in [9.17, 15) is 18.3 Å². The van der Waals surface area contributed by atoms with Crippen LogP contribution in [-0.2, 0) is 5.11 Å². The molecular formula is C15H8F3N2OS. The Morgan fingerprint density at radius 3 is 2.68 bits per heavy atom. The van der Waals surface area contributed by atoms with E-state index in [-0.39, 0.29) is 5.69 Å². The summed E-state index contributed by atoms with van der Waals surface area (Å²) in [5, 5.41) is 12.9. The van der Waals surface area contributed by atoms with Crippen LogP contribution in [0.2, 0.25) is 0 Å². The van der Waals surface area contributed by atoms with Crippen LogP contribution in [0.1, 0.15) is 5.56 Å². The number of benzene rings is 1. The van der Waals surface area contributed by atoms with E-state index in [1.165, 1.54) is 5.38 Å². The predicted molar refractivity (Wildman–Crippen MR) is 75.5 cm³/mol. The monoisotopic (exact) mass is 321 g/mol. The predicted octanol–water partition coefficient (Wildman–Crippen LogP) is 4.74. The van der Waals surface area contributed by atoms with Crippen molar-refractivity contribution in [1.29, 1.82) is 0 Å². The zero-order valence-electron chi connectivity index (χ0n) is 11.2. The number of pyridine rings is 1. The molecule has 2 heterocycles. The normalized spacial score (nSPS) is 10.9. The van der Waals surface area contributed by atoms with Gasteiger partial charge in [-0.05, 0) is 18.6 Å². The van der Waals surface area contributed by atoms with Gasteiger partial charge in [0.2, 0.25) is 11.6 Å². The molecule has 7 heteroatoms. The molecule has 3 aromatic rings. The van der Waals surface area contributed by atoms with Gasteiger partial charge in [0.15, 0.2) is 5.82 Å². The maximum atomic E-state index is 13.8. The third kappa shape index (κ3) is 2.33. The fourth-order valence-corrected chi connectivity index (χ4v) is 2.89. The lowest BCUT2D eigenvalue weighted by atomic mass is 10.1. The van der Waals surface area contributed by atoms with E-state index in [2.05, 4.69) is 9.97 Å². The van der Waals surface area contributed by atoms with E-state index in [0.29, 0.717) is 11.1 Å². The molecule has 0 fully saturated rings. The highest BCUT2D eigenvalue weighted by Crippen LogP contribution is 2.35. The first kappa shape index (κ1) is 14.5. The summed E-state index contributed by atoms with van der Waals surface area (Å²) in [4.78, 5) is 8.12. The van der Waals surface area contributed by atoms with Gasteiger partial charge in [0.25, 0.3) is 0 Å². The summed E-state index contributed by atoms with van der Waals surface area (Å²) in [5.41, 5.74) is 0.928. The van der Waals surface area contributed by atoms with Gasteiger partial charge in [-0.2, -0.15) is 4.39 Å². The molecule has 22 heavy (non-hydrogen) atoms. The summed E-state index contributed by atoms with van der Waals surface area (Å²) < 4.78 is 41.0. The van der Waals surface area contributed by atoms with Crippen LogP contribution in [-0.4, -0.2) is 9.97 Å². The highest BCUT2D eigenvalue weighted by molar-refractivity contribution is 7.13. The van der Waals surface area contributed by atoms with Crippen LogP contribution in [0.25, 0.3) is 21.8 Å². The SMILES string of the molecule is Cc1ccncc1-c1nc(-c2c(F)cc([O])c(F)c2F)cs1. The van der Waals surface area contributed by atoms with Gasteiger partial charge in [0.1, 0.15) is 10.8 Å². The molecule has 2 aromatic heterocycles. The molecule has 0 atom stereocenters. The Kier molecular flexibility index (Phi) is 3.58. The van der Waals surface area contributed by atoms with Gasteiger partial charge >= 0.3 is 0 Å². The molecule has 0 aliphatic carbocycles. The van der Waals surface area contributed by atoms with E-state index < -0.39 is 28.8 Å². The Balaban J connectivity index is 2.13. The number of aryl methyl sites for hydroxylation is 1. The number of aromatic nitrogens is 2. The number of rotatable bonds is 2. The molecule has 0 saturated carbocycles. The summed E-state index contributed by atoms with van der Waals surface area (Å²) in [6, 6.07) is 2.20. The van der Waals surface area contributed by atoms with Crippen molar-refractivity contribution in [3.8, 4) is 27.6 Å². The van der Waals surface area contributed by atoms with E-state index in [0.717, 1.165) is 22.5 Å². The molecule has 0 saturated heterocycles. The van der Waals surface area contributed by atoms with Crippen molar-refractivity contribution in [2.24, 2.45) is 0 Å². The van der Waals surface area contributed by atoms with Gasteiger partial charge in [-0.3, -0.25) is 10.1 Å². The third-order valence-electron chi connectivity index (χ3n) is 3.15. The molecule has 3 nitrogen and oxygen atoms in total. The number of thiazole rings is 1. The fraction of sp³-hybridized carbons (Fsp3) is 0.0667. The first-order chi connectivity index (χ1) is 10.5. The summed E-state index contributed by atoms with van der Waals surface area (Å²) in [6.07, 6.45) is 3.21. The summed E-state index contributed by atoms with van der Waals surface area (Å²) in [7, 11) is 0. The van der Waals surface area contributed by atoms with Gasteiger partial charge in [0.05, 0.1) is 11.3 Å². The Hall–Kier alpha value is -2.41. The minimum Gasteiger partial charge on any atom is -0.286 e. The van der Waals surface area contributed by atoms with E-state index >= 15 is 0 Å². The third-order valence-corrected chi connectivity index (χ3v) is 4.03. The molecule has 0 amide bonds. The zero-order chi connectivity index (χ0) is 15.9. The molecule has 0 aliphatic heterocycles. The number of hydrogen-bond acceptors (Lipinski definition) is 3. The van der Waals surface area contributed by atoms with Gasteiger partial charge in [-0.15, -0.1) is 11.3 Å². The smallest absolute Gasteiger partial charge is 0.220 e. The second-order valence-electron chi connectivity index (χ2n) is 4.59. The molecule has 1 radical (unpaired) electrons. The molecule has 0 bridgehead atoms. The molecule has 0 aliphatic rings. The standard InChI is InChI=1S/C15H8F3N2OS/c1-7-2-3-19-5-8(7)15-20-10(6-22-15)12-9(16)4-11(21)13(17)14(12)18/h2-6H,1H3. The van der Waals surface area contributed by atoms with Gasteiger partial charge in [-0.25, -0.2) is 13.8 Å². The summed E-state index contributed by atoms with van der Waals surface area (Å²) >= 11 is 1.15. The largest absolute Gasteiger partial charge is 0.286 e. The number of halogens is 3. The molecule has 0 spiro atoms. The average Bonchev–Trinajstić information content (AvgIpc) is 2.95. The molecular weight excluding hydrogens is 313 g/mol. The maximum absolute atomic E-state index is 13.8. The lowest BCUT2D eigenvalue weighted by Crippen LogP contribution is -1.95. The minimum atomic E-state index is -1.61. The average molecular weight is 321 g/mol. The lowest BCUT2D eigenvalue weighted by molar-refractivity contribution is 0.317. The summed E-state index contributed by atoms with van der Waals surface area (Å²) in [6.45, 7) is 1.85. The molecule has 1 aromatic carbocycles. The van der Waals surface area contributed by atoms with E-state index in [4.69, 9.17) is 0 Å². The number of nitrogens with zero attached hydrogens (tertiary/aromatic N) is 2. The highest BCUT2D eigenvalue weighted by Gasteiger charge is 2.23. The van der Waals surface area contributed by atoms with Crippen LogP contribution in [0, 0.1) is 24.4 Å². The second kappa shape index (κ2) is 5.42. The van der Waals surface area contributed by atoms with Crippen molar-refractivity contribution in [2.45, 2.75) is 6.92 Å². The molecule has 111 valence electrons. The Morgan fingerprint density at radius 1 is 1.18 bits per heavy atom. The van der Waals surface area contributed by atoms with Crippen LogP contribution >= 0.6 is 11.3 Å². The lowest BCUT2D eigenvalue weighted by Gasteiger charge is -2.03. The van der Waals surface area contributed by atoms with E-state index in [1.807, 2.05) is 6.92 Å². The fourth-order valence-electron chi connectivity index (χ4n) is 2.01. The van der Waals surface area contributed by atoms with Crippen molar-refractivity contribution in [3.63, 3.8) is 0 Å². The number of hydrogen-bond donors (Lipinski definition) is 0. The Bertz CT molecular complexity index is 864. The summed E-state index contributed by atoms with van der Waals surface area (Å²) in [5.74, 6) is -5.59. The van der Waals surface area contributed by atoms with Crippen molar-refractivity contribution in [1.82, 2.24) is 9.97 Å². The van der Waals surface area contributed by atoms with Gasteiger partial charge < -0.3 is 0 Å². The van der Waals surface area contributed by atoms with Crippen LogP contribution in [0.15, 0.2) is 29.9 Å². The second-order valence-corrected chi connectivity index (χ2v) is 5.45. The minimum absolute atomic E-state index is 0.0582. The topological polar surface area (TPSA) is 45.7 Å². The van der Waals surface area contributed by atoms with Crippen LogP contribution in [0.5, 0.6) is 5.75 Å². The quantitative estimate of drug-likeness (QED) is 0.640. The Morgan fingerprint density at radius 2 is 1.95 bits per heavy atom.